The third-order valence-corrected chi connectivity index (χ3v) is 7.70. The number of nitrogens with zero attached hydrogens (tertiary/aromatic N) is 4. The summed E-state index contributed by atoms with van der Waals surface area (Å²) in [5, 5.41) is 1.24. The van der Waals surface area contributed by atoms with Gasteiger partial charge in [0.1, 0.15) is 16.7 Å². The summed E-state index contributed by atoms with van der Waals surface area (Å²) >= 11 is 7.64. The van der Waals surface area contributed by atoms with E-state index in [1.807, 2.05) is 12.3 Å². The third kappa shape index (κ3) is 3.60. The van der Waals surface area contributed by atoms with Crippen LogP contribution in [0, 0.1) is 11.3 Å². The molecule has 1 saturated carbocycles. The molecule has 2 fully saturated rings. The highest BCUT2D eigenvalue weighted by Gasteiger charge is 2.46. The molecule has 1 aliphatic heterocycles. The maximum atomic E-state index is 6.51. The average molecular weight is 405 g/mol. The maximum absolute atomic E-state index is 6.51. The van der Waals surface area contributed by atoms with E-state index in [2.05, 4.69) is 26.8 Å². The molecule has 3 heterocycles. The first-order chi connectivity index (χ1) is 13.0. The van der Waals surface area contributed by atoms with Crippen LogP contribution < -0.4 is 16.4 Å². The molecule has 1 unspecified atom stereocenters. The van der Waals surface area contributed by atoms with Crippen LogP contribution in [0.25, 0.3) is 0 Å². The number of halogens is 1. The first-order valence-corrected chi connectivity index (χ1v) is 10.6. The van der Waals surface area contributed by atoms with Gasteiger partial charge in [-0.05, 0) is 43.1 Å². The van der Waals surface area contributed by atoms with Crippen LogP contribution in [0.4, 0.5) is 11.6 Å². The van der Waals surface area contributed by atoms with E-state index < -0.39 is 0 Å². The summed E-state index contributed by atoms with van der Waals surface area (Å²) in [6.07, 6.45) is 10.1. The Kier molecular flexibility index (Phi) is 5.18. The van der Waals surface area contributed by atoms with Crippen molar-refractivity contribution in [3.63, 3.8) is 0 Å². The van der Waals surface area contributed by atoms with Crippen LogP contribution in [-0.2, 0) is 0 Å². The van der Waals surface area contributed by atoms with Gasteiger partial charge in [0.25, 0.3) is 0 Å². The van der Waals surface area contributed by atoms with E-state index in [1.165, 1.54) is 24.6 Å². The van der Waals surface area contributed by atoms with Crippen LogP contribution in [0.15, 0.2) is 34.6 Å². The predicted octanol–water partition coefficient (Wildman–Crippen LogP) is 3.60. The van der Waals surface area contributed by atoms with Crippen molar-refractivity contribution in [1.82, 2.24) is 15.0 Å². The Morgan fingerprint density at radius 2 is 1.96 bits per heavy atom. The first-order valence-electron chi connectivity index (χ1n) is 9.39. The van der Waals surface area contributed by atoms with Crippen LogP contribution >= 0.6 is 23.4 Å². The Balaban J connectivity index is 1.41. The molecule has 0 radical (unpaired) electrons. The zero-order valence-electron chi connectivity index (χ0n) is 15.4. The van der Waals surface area contributed by atoms with Gasteiger partial charge in [0.05, 0.1) is 17.4 Å². The molecule has 2 aromatic rings. The topological polar surface area (TPSA) is 94.0 Å². The van der Waals surface area contributed by atoms with Gasteiger partial charge in [-0.1, -0.05) is 30.3 Å². The van der Waals surface area contributed by atoms with E-state index >= 15 is 0 Å². The molecule has 4 rings (SSSR count). The minimum atomic E-state index is 0.327. The molecule has 4 N–H and O–H groups in total. The monoisotopic (exact) mass is 404 g/mol. The molecule has 144 valence electrons. The number of hydrogen-bond donors (Lipinski definition) is 2. The third-order valence-electron chi connectivity index (χ3n) is 6.21. The Labute approximate surface area is 169 Å². The molecular weight excluding hydrogens is 380 g/mol. The number of rotatable bonds is 3. The van der Waals surface area contributed by atoms with Gasteiger partial charge >= 0.3 is 0 Å². The minimum Gasteiger partial charge on any atom is -0.382 e. The first kappa shape index (κ1) is 18.8. The molecule has 2 atom stereocenters. The zero-order valence-corrected chi connectivity index (χ0v) is 17.0. The second kappa shape index (κ2) is 7.45. The van der Waals surface area contributed by atoms with Crippen molar-refractivity contribution < 1.29 is 0 Å². The second-order valence-electron chi connectivity index (χ2n) is 7.71. The molecule has 1 spiro atoms. The number of nitrogen functional groups attached to an aromatic ring is 1. The van der Waals surface area contributed by atoms with Gasteiger partial charge in [-0.15, -0.1) is 0 Å². The van der Waals surface area contributed by atoms with E-state index in [-0.39, 0.29) is 0 Å². The highest BCUT2D eigenvalue weighted by atomic mass is 35.5. The molecule has 6 nitrogen and oxygen atoms in total. The maximum Gasteiger partial charge on any atom is 0.147 e. The van der Waals surface area contributed by atoms with Crippen molar-refractivity contribution in [2.75, 3.05) is 23.7 Å². The molecule has 0 amide bonds. The highest BCUT2D eigenvalue weighted by Crippen LogP contribution is 2.48. The van der Waals surface area contributed by atoms with Crippen LogP contribution in [0.2, 0.25) is 5.02 Å². The summed E-state index contributed by atoms with van der Waals surface area (Å²) in [4.78, 5) is 16.3. The van der Waals surface area contributed by atoms with Crippen molar-refractivity contribution in [3.8, 4) is 0 Å². The van der Waals surface area contributed by atoms with Crippen molar-refractivity contribution in [2.45, 2.75) is 48.6 Å². The highest BCUT2D eigenvalue weighted by molar-refractivity contribution is 7.99. The normalized spacial score (nSPS) is 24.5. The van der Waals surface area contributed by atoms with E-state index in [0.717, 1.165) is 41.7 Å². The molecule has 2 aromatic heterocycles. The number of anilines is 2. The van der Waals surface area contributed by atoms with Gasteiger partial charge in [-0.2, -0.15) is 0 Å². The molecule has 1 aliphatic carbocycles. The molecule has 0 aromatic carbocycles. The zero-order chi connectivity index (χ0) is 19.0. The quantitative estimate of drug-likeness (QED) is 0.806. The van der Waals surface area contributed by atoms with Gasteiger partial charge < -0.3 is 16.4 Å². The van der Waals surface area contributed by atoms with Crippen LogP contribution in [0.3, 0.4) is 0 Å². The van der Waals surface area contributed by atoms with E-state index in [4.69, 9.17) is 23.1 Å². The molecular formula is C19H25ClN6S. The molecule has 1 saturated heterocycles. The Bertz CT molecular complexity index is 806. The van der Waals surface area contributed by atoms with Gasteiger partial charge in [0, 0.05) is 30.2 Å². The summed E-state index contributed by atoms with van der Waals surface area (Å²) in [6.45, 7) is 4.28. The molecule has 8 heteroatoms. The summed E-state index contributed by atoms with van der Waals surface area (Å²) in [6, 6.07) is 2.16. The summed E-state index contributed by atoms with van der Waals surface area (Å²) in [7, 11) is 0. The predicted molar refractivity (Wildman–Crippen MR) is 110 cm³/mol. The average Bonchev–Trinajstić information content (AvgIpc) is 2.95. The summed E-state index contributed by atoms with van der Waals surface area (Å²) in [5.41, 5.74) is 12.6. The van der Waals surface area contributed by atoms with E-state index in [0.29, 0.717) is 28.2 Å². The van der Waals surface area contributed by atoms with Crippen molar-refractivity contribution in [1.29, 1.82) is 0 Å². The largest absolute Gasteiger partial charge is 0.382 e. The lowest BCUT2D eigenvalue weighted by Gasteiger charge is -2.43. The fourth-order valence-electron chi connectivity index (χ4n) is 4.39. The smallest absolute Gasteiger partial charge is 0.147 e. The molecule has 27 heavy (non-hydrogen) atoms. The lowest BCUT2D eigenvalue weighted by Crippen LogP contribution is -2.48. The van der Waals surface area contributed by atoms with Crippen molar-refractivity contribution >= 4 is 35.0 Å². The number of nitrogens with two attached hydrogens (primary N) is 2. The van der Waals surface area contributed by atoms with Gasteiger partial charge in [0.2, 0.25) is 0 Å². The van der Waals surface area contributed by atoms with E-state index in [1.54, 1.807) is 12.4 Å². The summed E-state index contributed by atoms with van der Waals surface area (Å²) < 4.78 is 0. The second-order valence-corrected chi connectivity index (χ2v) is 9.15. The SMILES string of the molecule is CC1CCC2(CCN(c3cnc(Sc4ccnc(N)c4Cl)cn3)CC2)[C@@H]1N. The number of aromatic nitrogens is 3. The Morgan fingerprint density at radius 3 is 2.59 bits per heavy atom. The minimum absolute atomic E-state index is 0.327. The molecule has 0 bridgehead atoms. The van der Waals surface area contributed by atoms with Gasteiger partial charge in [0.15, 0.2) is 0 Å². The fraction of sp³-hybridized carbons (Fsp3) is 0.526. The Morgan fingerprint density at radius 1 is 1.19 bits per heavy atom. The van der Waals surface area contributed by atoms with Crippen LogP contribution in [0.5, 0.6) is 0 Å². The van der Waals surface area contributed by atoms with Crippen molar-refractivity contribution in [3.05, 3.63) is 29.7 Å². The standard InChI is InChI=1S/C19H25ClN6S/c1-12-2-4-19(17(12)21)5-8-26(9-6-19)14-10-25-15(11-24-14)27-13-3-7-23-18(22)16(13)20/h3,7,10-12,17H,2,4-6,8-9,21H2,1H3,(H2,22,23)/t12?,17-/m1/s1. The fourth-order valence-corrected chi connectivity index (χ4v) is 5.37. The lowest BCUT2D eigenvalue weighted by molar-refractivity contribution is 0.186. The van der Waals surface area contributed by atoms with Crippen LogP contribution in [0.1, 0.15) is 32.6 Å². The summed E-state index contributed by atoms with van der Waals surface area (Å²) in [5.74, 6) is 1.89. The van der Waals surface area contributed by atoms with Gasteiger partial charge in [-0.3, -0.25) is 0 Å². The Hall–Kier alpha value is -1.57. The van der Waals surface area contributed by atoms with Gasteiger partial charge in [-0.25, -0.2) is 15.0 Å². The lowest BCUT2D eigenvalue weighted by atomic mass is 9.73. The number of pyridine rings is 1. The molecule has 2 aliphatic rings. The number of hydrogen-bond acceptors (Lipinski definition) is 7. The van der Waals surface area contributed by atoms with Crippen LogP contribution in [-0.4, -0.2) is 34.1 Å². The van der Waals surface area contributed by atoms with Crippen molar-refractivity contribution in [2.24, 2.45) is 17.1 Å². The number of piperidine rings is 1. The van der Waals surface area contributed by atoms with E-state index in [9.17, 15) is 0 Å².